The van der Waals surface area contributed by atoms with Gasteiger partial charge in [-0.15, -0.1) is 0 Å². The maximum absolute atomic E-state index is 13.1. The molecule has 1 aliphatic heterocycles. The van der Waals surface area contributed by atoms with Gasteiger partial charge in [-0.05, 0) is 36.4 Å². The van der Waals surface area contributed by atoms with Crippen molar-refractivity contribution in [2.45, 2.75) is 11.7 Å². The molecule has 1 aliphatic rings. The summed E-state index contributed by atoms with van der Waals surface area (Å²) in [6, 6.07) is 11.0. The molecule has 0 radical (unpaired) electrons. The van der Waals surface area contributed by atoms with Gasteiger partial charge >= 0.3 is 6.11 Å². The van der Waals surface area contributed by atoms with Gasteiger partial charge in [0.05, 0.1) is 16.8 Å². The fourth-order valence-electron chi connectivity index (χ4n) is 2.29. The lowest BCUT2D eigenvalue weighted by Crippen LogP contribution is -2.33. The van der Waals surface area contributed by atoms with Crippen molar-refractivity contribution in [3.05, 3.63) is 59.7 Å². The third kappa shape index (κ3) is 2.71. The molecule has 0 aromatic heterocycles. The van der Waals surface area contributed by atoms with Crippen LogP contribution in [0.15, 0.2) is 48.5 Å². The lowest BCUT2D eigenvalue weighted by Gasteiger charge is -2.19. The van der Waals surface area contributed by atoms with Crippen molar-refractivity contribution in [2.24, 2.45) is 0 Å². The summed E-state index contributed by atoms with van der Waals surface area (Å²) < 4.78 is 42.9. The minimum Gasteiger partial charge on any atom is -0.429 e. The number of amides is 2. The van der Waals surface area contributed by atoms with Gasteiger partial charge < -0.3 is 4.74 Å². The Labute approximate surface area is 139 Å². The first-order valence-electron chi connectivity index (χ1n) is 6.74. The third-order valence-corrected chi connectivity index (χ3v) is 3.65. The topological polar surface area (TPSA) is 46.6 Å². The first-order valence-corrected chi connectivity index (χ1v) is 7.18. The smallest absolute Gasteiger partial charge is 0.429 e. The first kappa shape index (κ1) is 16.3. The number of carbonyl (C=O) groups is 2. The minimum absolute atomic E-state index is 0.180. The van der Waals surface area contributed by atoms with Crippen molar-refractivity contribution < 1.29 is 27.5 Å². The lowest BCUT2D eigenvalue weighted by molar-refractivity contribution is -0.199. The van der Waals surface area contributed by atoms with Crippen LogP contribution in [0.1, 0.15) is 20.7 Å². The van der Waals surface area contributed by atoms with Crippen LogP contribution >= 0.6 is 11.6 Å². The van der Waals surface area contributed by atoms with Crippen molar-refractivity contribution in [3.8, 4) is 5.75 Å². The number of fused-ring (bicyclic) bond motifs is 1. The Morgan fingerprint density at radius 1 is 0.958 bits per heavy atom. The van der Waals surface area contributed by atoms with E-state index in [0.29, 0.717) is 0 Å². The molecule has 0 saturated carbocycles. The molecule has 0 saturated heterocycles. The van der Waals surface area contributed by atoms with E-state index in [1.807, 2.05) is 0 Å². The molecule has 1 atom stereocenters. The number of ether oxygens (including phenoxy) is 1. The average Bonchev–Trinajstić information content (AvgIpc) is 2.80. The summed E-state index contributed by atoms with van der Waals surface area (Å²) >= 11 is 4.70. The van der Waals surface area contributed by atoms with Crippen LogP contribution in [0.2, 0.25) is 0 Å². The number of carbonyl (C=O) groups excluding carboxylic acids is 2. The summed E-state index contributed by atoms with van der Waals surface area (Å²) in [5.41, 5.74) is -2.30. The quantitative estimate of drug-likeness (QED) is 0.615. The molecule has 0 N–H and O–H groups in total. The summed E-state index contributed by atoms with van der Waals surface area (Å²) in [7, 11) is 0. The van der Waals surface area contributed by atoms with Crippen LogP contribution in [-0.4, -0.2) is 23.6 Å². The van der Waals surface area contributed by atoms with Gasteiger partial charge in [-0.2, -0.15) is 8.78 Å². The van der Waals surface area contributed by atoms with Crippen molar-refractivity contribution in [1.82, 2.24) is 0 Å². The second-order valence-corrected chi connectivity index (χ2v) is 5.33. The Hall–Kier alpha value is -2.54. The molecule has 2 amide bonds. The van der Waals surface area contributed by atoms with Crippen molar-refractivity contribution in [3.63, 3.8) is 0 Å². The Morgan fingerprint density at radius 3 is 1.92 bits per heavy atom. The molecule has 1 heterocycles. The molecule has 0 fully saturated rings. The highest BCUT2D eigenvalue weighted by molar-refractivity contribution is 6.34. The maximum Gasteiger partial charge on any atom is 0.444 e. The van der Waals surface area contributed by atoms with Crippen LogP contribution in [0.4, 0.5) is 18.9 Å². The molecular weight excluding hydrogens is 347 g/mol. The zero-order valence-electron chi connectivity index (χ0n) is 11.9. The number of imide groups is 1. The van der Waals surface area contributed by atoms with Crippen LogP contribution in [0, 0.1) is 0 Å². The number of alkyl halides is 4. The normalized spacial score (nSPS) is 15.4. The largest absolute Gasteiger partial charge is 0.444 e. The highest BCUT2D eigenvalue weighted by atomic mass is 35.5. The van der Waals surface area contributed by atoms with E-state index in [9.17, 15) is 22.8 Å². The Bertz CT molecular complexity index is 773. The summed E-state index contributed by atoms with van der Waals surface area (Å²) in [6.45, 7) is 0. The average molecular weight is 356 g/mol. The molecular formula is C16H9ClF3NO3. The highest BCUT2D eigenvalue weighted by Gasteiger charge is 2.42. The van der Waals surface area contributed by atoms with E-state index in [4.69, 9.17) is 11.6 Å². The number of nitrogens with zero attached hydrogens (tertiary/aromatic N) is 1. The molecule has 8 heteroatoms. The van der Waals surface area contributed by atoms with Crippen LogP contribution in [0.25, 0.3) is 0 Å². The molecule has 1 unspecified atom stereocenters. The number of hydrogen-bond acceptors (Lipinski definition) is 3. The maximum atomic E-state index is 13.1. The van der Waals surface area contributed by atoms with Gasteiger partial charge in [0.15, 0.2) is 0 Å². The Morgan fingerprint density at radius 2 is 1.46 bits per heavy atom. The van der Waals surface area contributed by atoms with E-state index in [1.54, 1.807) is 12.1 Å². The Kier molecular flexibility index (Phi) is 3.96. The lowest BCUT2D eigenvalue weighted by atomic mass is 10.1. The molecule has 24 heavy (non-hydrogen) atoms. The van der Waals surface area contributed by atoms with E-state index in [1.165, 1.54) is 24.3 Å². The van der Waals surface area contributed by atoms with Crippen molar-refractivity contribution in [2.75, 3.05) is 4.90 Å². The van der Waals surface area contributed by atoms with Gasteiger partial charge in [0.2, 0.25) is 0 Å². The van der Waals surface area contributed by atoms with Gasteiger partial charge in [-0.3, -0.25) is 9.59 Å². The molecule has 0 aliphatic carbocycles. The number of benzene rings is 2. The van der Waals surface area contributed by atoms with Crippen LogP contribution < -0.4 is 9.64 Å². The number of hydrogen-bond donors (Lipinski definition) is 0. The monoisotopic (exact) mass is 355 g/mol. The number of rotatable bonds is 4. The summed E-state index contributed by atoms with van der Waals surface area (Å²) in [4.78, 5) is 25.5. The van der Waals surface area contributed by atoms with E-state index in [-0.39, 0.29) is 22.6 Å². The fourth-order valence-corrected chi connectivity index (χ4v) is 2.33. The number of halogens is 4. The van der Waals surface area contributed by atoms with Gasteiger partial charge in [0.25, 0.3) is 17.4 Å². The third-order valence-electron chi connectivity index (χ3n) is 3.40. The van der Waals surface area contributed by atoms with E-state index in [2.05, 4.69) is 4.74 Å². The van der Waals surface area contributed by atoms with Gasteiger partial charge in [-0.1, -0.05) is 23.7 Å². The zero-order chi connectivity index (χ0) is 17.5. The van der Waals surface area contributed by atoms with E-state index in [0.717, 1.165) is 17.0 Å². The second kappa shape index (κ2) is 5.83. The highest BCUT2D eigenvalue weighted by Crippen LogP contribution is 2.32. The predicted octanol–water partition coefficient (Wildman–Crippen LogP) is 3.99. The molecule has 0 bridgehead atoms. The predicted molar refractivity (Wildman–Crippen MR) is 80.3 cm³/mol. The molecule has 2 aromatic rings. The Balaban J connectivity index is 1.85. The molecule has 4 nitrogen and oxygen atoms in total. The zero-order valence-corrected chi connectivity index (χ0v) is 12.6. The van der Waals surface area contributed by atoms with Gasteiger partial charge in [-0.25, -0.2) is 9.29 Å². The van der Waals surface area contributed by atoms with Crippen molar-refractivity contribution >= 4 is 29.1 Å². The first-order chi connectivity index (χ1) is 11.3. The molecule has 0 spiro atoms. The van der Waals surface area contributed by atoms with Crippen LogP contribution in [0.3, 0.4) is 0 Å². The molecule has 3 rings (SSSR count). The van der Waals surface area contributed by atoms with Crippen LogP contribution in [0.5, 0.6) is 5.75 Å². The van der Waals surface area contributed by atoms with Gasteiger partial charge in [0, 0.05) is 0 Å². The summed E-state index contributed by atoms with van der Waals surface area (Å²) in [6.07, 6.45) is -4.20. The van der Waals surface area contributed by atoms with Crippen LogP contribution in [-0.2, 0) is 0 Å². The SMILES string of the molecule is O=C1c2ccccc2C(=O)N1c1ccc(OC(F)(F)C(F)Cl)cc1. The fraction of sp³-hybridized carbons (Fsp3) is 0.125. The van der Waals surface area contributed by atoms with E-state index >= 15 is 0 Å². The number of anilines is 1. The molecule has 124 valence electrons. The van der Waals surface area contributed by atoms with Gasteiger partial charge in [0.1, 0.15) is 5.75 Å². The standard InChI is InChI=1S/C16H9ClF3NO3/c17-15(18)16(19,20)24-10-7-5-9(6-8-10)21-13(22)11-3-1-2-4-12(11)14(21)23/h1-8,15H. The minimum atomic E-state index is -4.20. The molecule has 2 aromatic carbocycles. The second-order valence-electron chi connectivity index (χ2n) is 4.95. The summed E-state index contributed by atoms with van der Waals surface area (Å²) in [5.74, 6) is -1.39. The van der Waals surface area contributed by atoms with Crippen molar-refractivity contribution in [1.29, 1.82) is 0 Å². The van der Waals surface area contributed by atoms with E-state index < -0.39 is 23.6 Å². The summed E-state index contributed by atoms with van der Waals surface area (Å²) in [5, 5.41) is 0.